The summed E-state index contributed by atoms with van der Waals surface area (Å²) in [6.07, 6.45) is 0. The SMILES string of the molecule is C[N+](C)(C)CCO.O=[SH](=O)O. The molecule has 0 aromatic rings. The normalized spacial score (nSPS) is 10.7. The molecular formula is C5H16NO4S+. The monoisotopic (exact) mass is 186 g/mol. The third-order valence-electron chi connectivity index (χ3n) is 0.771. The molecule has 0 aliphatic heterocycles. The van der Waals surface area contributed by atoms with E-state index < -0.39 is 11.0 Å². The first-order valence-corrected chi connectivity index (χ1v) is 4.17. The zero-order chi connectivity index (χ0) is 9.49. The number of likely N-dealkylation sites (N-methyl/N-ethyl adjacent to an activating group) is 1. The highest BCUT2D eigenvalue weighted by Gasteiger charge is 2.02. The summed E-state index contributed by atoms with van der Waals surface area (Å²) in [4.78, 5) is 0. The first-order chi connectivity index (χ1) is 4.79. The van der Waals surface area contributed by atoms with Crippen molar-refractivity contribution in [2.24, 2.45) is 0 Å². The van der Waals surface area contributed by atoms with Crippen LogP contribution in [-0.4, -0.2) is 56.9 Å². The van der Waals surface area contributed by atoms with Crippen molar-refractivity contribution < 1.29 is 22.6 Å². The molecule has 0 rings (SSSR count). The molecule has 11 heavy (non-hydrogen) atoms. The van der Waals surface area contributed by atoms with Crippen LogP contribution in [-0.2, 0) is 11.0 Å². The van der Waals surface area contributed by atoms with Crippen molar-refractivity contribution in [3.8, 4) is 0 Å². The lowest BCUT2D eigenvalue weighted by Crippen LogP contribution is -2.36. The standard InChI is InChI=1S/C5H14NO.H2O3S/c1-6(2,3)4-5-7;1-4(2)3/h7H,4-5H2,1-3H3;4H,(H,1,2,3)/q+1;. The fourth-order valence-corrected chi connectivity index (χ4v) is 0.300. The lowest BCUT2D eigenvalue weighted by Gasteiger charge is -2.21. The van der Waals surface area contributed by atoms with Crippen LogP contribution >= 0.6 is 0 Å². The van der Waals surface area contributed by atoms with Crippen LogP contribution in [0.3, 0.4) is 0 Å². The van der Waals surface area contributed by atoms with E-state index in [1.807, 2.05) is 0 Å². The van der Waals surface area contributed by atoms with Gasteiger partial charge >= 0.3 is 0 Å². The maximum Gasteiger partial charge on any atom is 0.254 e. The van der Waals surface area contributed by atoms with Gasteiger partial charge in [-0.1, -0.05) is 0 Å². The van der Waals surface area contributed by atoms with Gasteiger partial charge < -0.3 is 9.59 Å². The predicted molar refractivity (Wildman–Crippen MR) is 42.9 cm³/mol. The lowest BCUT2D eigenvalue weighted by molar-refractivity contribution is -0.870. The van der Waals surface area contributed by atoms with Crippen LogP contribution < -0.4 is 0 Å². The van der Waals surface area contributed by atoms with Crippen LogP contribution in [0.15, 0.2) is 0 Å². The second-order valence-electron chi connectivity index (χ2n) is 2.98. The fourth-order valence-electron chi connectivity index (χ4n) is 0.300. The van der Waals surface area contributed by atoms with Gasteiger partial charge in [0, 0.05) is 0 Å². The Bertz CT molecular complexity index is 141. The van der Waals surface area contributed by atoms with Crippen LogP contribution in [0.5, 0.6) is 0 Å². The Morgan fingerprint density at radius 1 is 1.27 bits per heavy atom. The molecule has 2 N–H and O–H groups in total. The summed E-state index contributed by atoms with van der Waals surface area (Å²) in [6, 6.07) is 0. The van der Waals surface area contributed by atoms with Gasteiger partial charge in [-0.3, -0.25) is 4.55 Å². The van der Waals surface area contributed by atoms with Gasteiger partial charge in [0.15, 0.2) is 0 Å². The van der Waals surface area contributed by atoms with E-state index in [0.29, 0.717) is 0 Å². The molecule has 0 aliphatic rings. The molecular weight excluding hydrogens is 170 g/mol. The maximum absolute atomic E-state index is 8.59. The molecule has 6 heteroatoms. The molecule has 0 saturated carbocycles. The van der Waals surface area contributed by atoms with E-state index in [2.05, 4.69) is 21.1 Å². The number of thiol groups is 1. The predicted octanol–water partition coefficient (Wildman–Crippen LogP) is -1.24. The zero-order valence-electron chi connectivity index (χ0n) is 7.02. The summed E-state index contributed by atoms with van der Waals surface area (Å²) < 4.78 is 25.0. The number of aliphatic hydroxyl groups excluding tert-OH is 1. The molecule has 0 fully saturated rings. The average molecular weight is 186 g/mol. The number of rotatable bonds is 2. The third kappa shape index (κ3) is 41.1. The Morgan fingerprint density at radius 2 is 1.55 bits per heavy atom. The Balaban J connectivity index is 0. The third-order valence-corrected chi connectivity index (χ3v) is 0.771. The van der Waals surface area contributed by atoms with E-state index in [0.717, 1.165) is 11.0 Å². The molecule has 0 spiro atoms. The second-order valence-corrected chi connectivity index (χ2v) is 3.45. The summed E-state index contributed by atoms with van der Waals surface area (Å²) in [5, 5.41) is 8.39. The van der Waals surface area contributed by atoms with Crippen molar-refractivity contribution in [3.05, 3.63) is 0 Å². The van der Waals surface area contributed by atoms with Gasteiger partial charge in [-0.05, 0) is 0 Å². The van der Waals surface area contributed by atoms with Crippen LogP contribution in [0.4, 0.5) is 0 Å². The van der Waals surface area contributed by atoms with Crippen molar-refractivity contribution in [1.82, 2.24) is 0 Å². The lowest BCUT2D eigenvalue weighted by atomic mass is 10.5. The minimum atomic E-state index is -3.12. The number of hydrogen-bond donors (Lipinski definition) is 3. The topological polar surface area (TPSA) is 74.6 Å². The van der Waals surface area contributed by atoms with Gasteiger partial charge in [0.25, 0.3) is 11.0 Å². The average Bonchev–Trinajstić information content (AvgIpc) is 1.58. The summed E-state index contributed by atoms with van der Waals surface area (Å²) in [6.45, 7) is 1.11. The molecule has 0 aliphatic carbocycles. The van der Waals surface area contributed by atoms with Gasteiger partial charge in [0.05, 0.1) is 27.7 Å². The second kappa shape index (κ2) is 6.53. The van der Waals surface area contributed by atoms with Crippen LogP contribution in [0, 0.1) is 0 Å². The molecule has 0 unspecified atom stereocenters. The highest BCUT2D eigenvalue weighted by Crippen LogP contribution is 1.84. The number of quaternary nitrogens is 1. The van der Waals surface area contributed by atoms with E-state index in [9.17, 15) is 0 Å². The van der Waals surface area contributed by atoms with E-state index in [-0.39, 0.29) is 6.61 Å². The van der Waals surface area contributed by atoms with Gasteiger partial charge in [-0.15, -0.1) is 0 Å². The molecule has 70 valence electrons. The van der Waals surface area contributed by atoms with E-state index in [4.69, 9.17) is 18.1 Å². The quantitative estimate of drug-likeness (QED) is 0.286. The smallest absolute Gasteiger partial charge is 0.254 e. The highest BCUT2D eigenvalue weighted by molar-refractivity contribution is 7.66. The largest absolute Gasteiger partial charge is 0.391 e. The number of nitrogens with zero attached hydrogens (tertiary/aromatic N) is 1. The minimum Gasteiger partial charge on any atom is -0.391 e. The highest BCUT2D eigenvalue weighted by atomic mass is 32.2. The van der Waals surface area contributed by atoms with Gasteiger partial charge in [-0.25, -0.2) is 8.42 Å². The first-order valence-electron chi connectivity index (χ1n) is 3.04. The van der Waals surface area contributed by atoms with Crippen molar-refractivity contribution in [2.75, 3.05) is 34.3 Å². The molecule has 0 atom stereocenters. The molecule has 0 heterocycles. The van der Waals surface area contributed by atoms with Crippen molar-refractivity contribution in [2.45, 2.75) is 0 Å². The van der Waals surface area contributed by atoms with Gasteiger partial charge in [0.1, 0.15) is 6.54 Å². The van der Waals surface area contributed by atoms with Crippen LogP contribution in [0.1, 0.15) is 0 Å². The van der Waals surface area contributed by atoms with Crippen molar-refractivity contribution in [1.29, 1.82) is 0 Å². The fraction of sp³-hybridized carbons (Fsp3) is 1.00. The van der Waals surface area contributed by atoms with E-state index in [1.54, 1.807) is 0 Å². The molecule has 0 aromatic carbocycles. The summed E-state index contributed by atoms with van der Waals surface area (Å²) >= 11 is 0. The van der Waals surface area contributed by atoms with Crippen LogP contribution in [0.2, 0.25) is 0 Å². The zero-order valence-corrected chi connectivity index (χ0v) is 7.91. The van der Waals surface area contributed by atoms with Crippen molar-refractivity contribution >= 4 is 11.0 Å². The van der Waals surface area contributed by atoms with Gasteiger partial charge in [-0.2, -0.15) is 0 Å². The van der Waals surface area contributed by atoms with E-state index in [1.165, 1.54) is 0 Å². The minimum absolute atomic E-state index is 0.281. The van der Waals surface area contributed by atoms with Crippen LogP contribution in [0.25, 0.3) is 0 Å². The number of aliphatic hydroxyl groups is 1. The Kier molecular flexibility index (Phi) is 7.97. The first kappa shape index (κ1) is 13.4. The van der Waals surface area contributed by atoms with Crippen molar-refractivity contribution in [3.63, 3.8) is 0 Å². The van der Waals surface area contributed by atoms with Gasteiger partial charge in [0.2, 0.25) is 0 Å². The summed E-state index contributed by atoms with van der Waals surface area (Å²) in [7, 11) is 3.04. The summed E-state index contributed by atoms with van der Waals surface area (Å²) in [5.74, 6) is 0. The summed E-state index contributed by atoms with van der Waals surface area (Å²) in [5.41, 5.74) is 0. The van der Waals surface area contributed by atoms with E-state index >= 15 is 0 Å². The molecule has 5 nitrogen and oxygen atoms in total. The maximum atomic E-state index is 8.59. The molecule has 0 aromatic heterocycles. The molecule has 0 bridgehead atoms. The Labute approximate surface area is 68.6 Å². The molecule has 0 amide bonds. The number of hydrogen-bond acceptors (Lipinski definition) is 3. The Hall–Kier alpha value is -0.170. The molecule has 0 radical (unpaired) electrons. The Morgan fingerprint density at radius 3 is 1.55 bits per heavy atom. The molecule has 0 saturated heterocycles.